The summed E-state index contributed by atoms with van der Waals surface area (Å²) >= 11 is 0. The van der Waals surface area contributed by atoms with Gasteiger partial charge in [-0.1, -0.05) is 0 Å². The van der Waals surface area contributed by atoms with E-state index in [1.54, 1.807) is 4.90 Å². The topological polar surface area (TPSA) is 98.7 Å². The number of carbonyl (C=O) groups excluding carboxylic acids is 1. The second kappa shape index (κ2) is 5.51. The van der Waals surface area contributed by atoms with Crippen molar-refractivity contribution in [3.05, 3.63) is 17.0 Å². The number of carbonyl (C=O) groups is 1. The van der Waals surface area contributed by atoms with Crippen LogP contribution in [-0.4, -0.2) is 63.6 Å². The minimum Gasteiger partial charge on any atom is -0.396 e. The summed E-state index contributed by atoms with van der Waals surface area (Å²) in [7, 11) is 0. The molecule has 0 radical (unpaired) electrons. The van der Waals surface area contributed by atoms with Crippen LogP contribution in [0.5, 0.6) is 0 Å². The molecule has 0 aliphatic carbocycles. The molecule has 3 rings (SSSR count). The third-order valence-corrected chi connectivity index (χ3v) is 4.11. The van der Waals surface area contributed by atoms with Crippen LogP contribution in [-0.2, 0) is 17.8 Å². The van der Waals surface area contributed by atoms with Crippen LogP contribution in [0.3, 0.4) is 0 Å². The van der Waals surface area contributed by atoms with Crippen LogP contribution in [0.1, 0.15) is 28.2 Å². The van der Waals surface area contributed by atoms with E-state index >= 15 is 0 Å². The Hall–Kier alpha value is -1.44. The van der Waals surface area contributed by atoms with E-state index < -0.39 is 6.10 Å². The number of fused-ring (bicyclic) bond motifs is 1. The highest BCUT2D eigenvalue weighted by Gasteiger charge is 2.32. The van der Waals surface area contributed by atoms with Crippen molar-refractivity contribution in [3.8, 4) is 0 Å². The molecule has 0 saturated carbocycles. The van der Waals surface area contributed by atoms with Crippen molar-refractivity contribution in [2.75, 3.05) is 26.3 Å². The fourth-order valence-electron chi connectivity index (χ4n) is 2.82. The fraction of sp³-hybridized carbons (Fsp3) is 0.692. The van der Waals surface area contributed by atoms with Crippen molar-refractivity contribution >= 4 is 5.91 Å². The zero-order valence-electron chi connectivity index (χ0n) is 11.2. The molecule has 7 heteroatoms. The molecule has 20 heavy (non-hydrogen) atoms. The molecule has 1 aromatic heterocycles. The Morgan fingerprint density at radius 2 is 2.40 bits per heavy atom. The molecule has 0 unspecified atom stereocenters. The minimum atomic E-state index is -0.541. The first kappa shape index (κ1) is 13.5. The number of aliphatic hydroxyl groups is 2. The summed E-state index contributed by atoms with van der Waals surface area (Å²) in [6.45, 7) is 1.78. The van der Waals surface area contributed by atoms with Crippen molar-refractivity contribution < 1.29 is 19.7 Å². The van der Waals surface area contributed by atoms with Gasteiger partial charge in [0.05, 0.1) is 25.9 Å². The van der Waals surface area contributed by atoms with Crippen LogP contribution < -0.4 is 0 Å². The van der Waals surface area contributed by atoms with Crippen molar-refractivity contribution in [1.29, 1.82) is 0 Å². The number of aromatic nitrogens is 2. The van der Waals surface area contributed by atoms with Crippen molar-refractivity contribution in [1.82, 2.24) is 15.1 Å². The highest BCUT2D eigenvalue weighted by molar-refractivity contribution is 5.94. The van der Waals surface area contributed by atoms with Crippen LogP contribution in [0, 0.1) is 5.92 Å². The Balaban J connectivity index is 1.77. The highest BCUT2D eigenvalue weighted by Crippen LogP contribution is 2.23. The number of ether oxygens (including phenoxy) is 1. The van der Waals surface area contributed by atoms with Gasteiger partial charge in [-0.2, -0.15) is 5.10 Å². The maximum Gasteiger partial charge on any atom is 0.274 e. The number of amides is 1. The second-order valence-corrected chi connectivity index (χ2v) is 5.38. The number of hydrogen-bond donors (Lipinski definition) is 3. The van der Waals surface area contributed by atoms with Gasteiger partial charge in [0.15, 0.2) is 5.69 Å². The second-order valence-electron chi connectivity index (χ2n) is 5.38. The largest absolute Gasteiger partial charge is 0.396 e. The molecule has 1 amide bonds. The molecule has 2 atom stereocenters. The molecule has 7 nitrogen and oxygen atoms in total. The SMILES string of the molecule is O=C(c1n[nH]c2c1COCC2)N1CC[C@H](O)[C@H](CO)C1. The number of hydrogen-bond acceptors (Lipinski definition) is 5. The Morgan fingerprint density at radius 1 is 1.55 bits per heavy atom. The van der Waals surface area contributed by atoms with Gasteiger partial charge in [-0.25, -0.2) is 0 Å². The fourth-order valence-corrected chi connectivity index (χ4v) is 2.82. The van der Waals surface area contributed by atoms with E-state index in [9.17, 15) is 15.0 Å². The third kappa shape index (κ3) is 2.32. The smallest absolute Gasteiger partial charge is 0.274 e. The molecule has 0 aromatic carbocycles. The number of aromatic amines is 1. The average Bonchev–Trinajstić information content (AvgIpc) is 2.91. The Morgan fingerprint density at radius 3 is 3.20 bits per heavy atom. The Kier molecular flexibility index (Phi) is 3.73. The average molecular weight is 281 g/mol. The number of likely N-dealkylation sites (tertiary alicyclic amines) is 1. The van der Waals surface area contributed by atoms with Gasteiger partial charge in [0, 0.05) is 36.7 Å². The summed E-state index contributed by atoms with van der Waals surface area (Å²) in [5.74, 6) is -0.433. The molecule has 1 fully saturated rings. The van der Waals surface area contributed by atoms with Crippen LogP contribution in [0.15, 0.2) is 0 Å². The summed E-state index contributed by atoms with van der Waals surface area (Å²) in [5, 5.41) is 26.0. The van der Waals surface area contributed by atoms with E-state index in [4.69, 9.17) is 4.74 Å². The quantitative estimate of drug-likeness (QED) is 0.665. The zero-order valence-corrected chi connectivity index (χ0v) is 11.2. The van der Waals surface area contributed by atoms with Gasteiger partial charge in [0.2, 0.25) is 0 Å². The molecule has 2 aliphatic rings. The summed E-state index contributed by atoms with van der Waals surface area (Å²) in [6.07, 6.45) is 0.689. The van der Waals surface area contributed by atoms with E-state index in [2.05, 4.69) is 10.2 Å². The Bertz CT molecular complexity index is 502. The maximum atomic E-state index is 12.5. The lowest BCUT2D eigenvalue weighted by Crippen LogP contribution is -2.47. The van der Waals surface area contributed by atoms with Gasteiger partial charge in [-0.05, 0) is 6.42 Å². The first-order valence-corrected chi connectivity index (χ1v) is 6.92. The number of rotatable bonds is 2. The van der Waals surface area contributed by atoms with E-state index in [0.717, 1.165) is 17.7 Å². The number of nitrogens with zero attached hydrogens (tertiary/aromatic N) is 2. The summed E-state index contributed by atoms with van der Waals surface area (Å²) in [4.78, 5) is 14.2. The monoisotopic (exact) mass is 281 g/mol. The molecule has 0 bridgehead atoms. The van der Waals surface area contributed by atoms with Crippen molar-refractivity contribution in [2.45, 2.75) is 25.6 Å². The predicted octanol–water partition coefficient (Wildman–Crippen LogP) is -0.702. The van der Waals surface area contributed by atoms with Gasteiger partial charge < -0.3 is 19.8 Å². The van der Waals surface area contributed by atoms with E-state index in [-0.39, 0.29) is 18.4 Å². The van der Waals surface area contributed by atoms with Gasteiger partial charge in [0.25, 0.3) is 5.91 Å². The maximum absolute atomic E-state index is 12.5. The Labute approximate surface area is 116 Å². The zero-order chi connectivity index (χ0) is 14.1. The van der Waals surface area contributed by atoms with Gasteiger partial charge in [-0.15, -0.1) is 0 Å². The van der Waals surface area contributed by atoms with E-state index in [0.29, 0.717) is 38.4 Å². The molecule has 1 saturated heterocycles. The number of piperidine rings is 1. The summed E-state index contributed by atoms with van der Waals surface area (Å²) in [5.41, 5.74) is 2.22. The molecule has 2 aliphatic heterocycles. The van der Waals surface area contributed by atoms with E-state index in [1.165, 1.54) is 0 Å². The lowest BCUT2D eigenvalue weighted by molar-refractivity contribution is 0.00304. The standard InChI is InChI=1S/C13H19N3O4/c17-6-8-5-16(3-1-11(8)18)13(19)12-9-7-20-4-2-10(9)14-15-12/h8,11,17-18H,1-7H2,(H,14,15)/t8-,11-/m0/s1. The van der Waals surface area contributed by atoms with Crippen LogP contribution >= 0.6 is 0 Å². The lowest BCUT2D eigenvalue weighted by Gasteiger charge is -2.35. The number of aliphatic hydroxyl groups excluding tert-OH is 2. The number of nitrogens with one attached hydrogen (secondary N) is 1. The normalized spacial score (nSPS) is 26.4. The van der Waals surface area contributed by atoms with E-state index in [1.807, 2.05) is 0 Å². The van der Waals surface area contributed by atoms with Crippen LogP contribution in [0.2, 0.25) is 0 Å². The van der Waals surface area contributed by atoms with Crippen LogP contribution in [0.25, 0.3) is 0 Å². The van der Waals surface area contributed by atoms with Crippen molar-refractivity contribution in [2.24, 2.45) is 5.92 Å². The van der Waals surface area contributed by atoms with Crippen LogP contribution in [0.4, 0.5) is 0 Å². The molecule has 3 N–H and O–H groups in total. The molecule has 0 spiro atoms. The summed E-state index contributed by atoms with van der Waals surface area (Å²) in [6, 6.07) is 0. The predicted molar refractivity (Wildman–Crippen MR) is 69.1 cm³/mol. The molecular formula is C13H19N3O4. The molecule has 3 heterocycles. The lowest BCUT2D eigenvalue weighted by atomic mass is 9.95. The van der Waals surface area contributed by atoms with Crippen molar-refractivity contribution in [3.63, 3.8) is 0 Å². The number of H-pyrrole nitrogens is 1. The highest BCUT2D eigenvalue weighted by atomic mass is 16.5. The molecule has 1 aromatic rings. The molecular weight excluding hydrogens is 262 g/mol. The third-order valence-electron chi connectivity index (χ3n) is 4.11. The first-order chi connectivity index (χ1) is 9.70. The van der Waals surface area contributed by atoms with Gasteiger partial charge >= 0.3 is 0 Å². The first-order valence-electron chi connectivity index (χ1n) is 6.92. The summed E-state index contributed by atoms with van der Waals surface area (Å²) < 4.78 is 5.38. The van der Waals surface area contributed by atoms with Gasteiger partial charge in [0.1, 0.15) is 0 Å². The van der Waals surface area contributed by atoms with Gasteiger partial charge in [-0.3, -0.25) is 9.89 Å². The minimum absolute atomic E-state index is 0.118. The molecule has 110 valence electrons.